The summed E-state index contributed by atoms with van der Waals surface area (Å²) in [6.45, 7) is 0. The molecule has 0 spiro atoms. The minimum atomic E-state index is -0.910. The molecule has 0 aliphatic heterocycles. The maximum atomic E-state index is 12.0. The Labute approximate surface area is 115 Å². The molecule has 0 saturated heterocycles. The third kappa shape index (κ3) is 3.61. The van der Waals surface area contributed by atoms with Gasteiger partial charge >= 0.3 is 5.97 Å². The van der Waals surface area contributed by atoms with Crippen LogP contribution in [0.4, 0.5) is 5.69 Å². The second kappa shape index (κ2) is 5.48. The van der Waals surface area contributed by atoms with E-state index in [0.29, 0.717) is 16.3 Å². The summed E-state index contributed by atoms with van der Waals surface area (Å²) in [5.74, 6) is -0.961. The number of carboxylic acids is 1. The third-order valence-corrected chi connectivity index (χ3v) is 3.49. The van der Waals surface area contributed by atoms with Crippen molar-refractivity contribution >= 4 is 29.2 Å². The molecule has 0 heterocycles. The fourth-order valence-electron chi connectivity index (χ4n) is 1.94. The highest BCUT2D eigenvalue weighted by Gasteiger charge is 2.33. The Bertz CT molecular complexity index is 515. The van der Waals surface area contributed by atoms with Gasteiger partial charge in [-0.25, -0.2) is 0 Å². The van der Waals surface area contributed by atoms with Crippen LogP contribution in [0.3, 0.4) is 0 Å². The highest BCUT2D eigenvalue weighted by Crippen LogP contribution is 2.34. The Morgan fingerprint density at radius 3 is 2.68 bits per heavy atom. The van der Waals surface area contributed by atoms with E-state index in [1.165, 1.54) is 6.07 Å². The average Bonchev–Trinajstić information content (AvgIpc) is 3.15. The molecule has 6 heteroatoms. The Morgan fingerprint density at radius 1 is 1.47 bits per heavy atom. The SMILES string of the molecule is Nc1ccc(C(=O)NC(CC(=O)O)C2CC2)cc1Cl. The number of carbonyl (C=O) groups excluding carboxylic acids is 1. The molecule has 0 bridgehead atoms. The Hall–Kier alpha value is -1.75. The number of aliphatic carboxylic acids is 1. The highest BCUT2D eigenvalue weighted by atomic mass is 35.5. The Balaban J connectivity index is 2.05. The van der Waals surface area contributed by atoms with E-state index in [0.717, 1.165) is 12.8 Å². The number of nitrogens with one attached hydrogen (secondary N) is 1. The molecule has 102 valence electrons. The lowest BCUT2D eigenvalue weighted by Crippen LogP contribution is -2.38. The van der Waals surface area contributed by atoms with Crippen LogP contribution in [0.25, 0.3) is 0 Å². The largest absolute Gasteiger partial charge is 0.481 e. The van der Waals surface area contributed by atoms with Gasteiger partial charge in [0.25, 0.3) is 5.91 Å². The fourth-order valence-corrected chi connectivity index (χ4v) is 2.12. The lowest BCUT2D eigenvalue weighted by molar-refractivity contribution is -0.137. The van der Waals surface area contributed by atoms with Gasteiger partial charge in [-0.3, -0.25) is 9.59 Å². The number of anilines is 1. The van der Waals surface area contributed by atoms with E-state index in [1.54, 1.807) is 12.1 Å². The molecule has 1 amide bonds. The lowest BCUT2D eigenvalue weighted by Gasteiger charge is -2.16. The van der Waals surface area contributed by atoms with Crippen LogP contribution in [-0.2, 0) is 4.79 Å². The molecule has 5 nitrogen and oxygen atoms in total. The zero-order valence-corrected chi connectivity index (χ0v) is 11.0. The zero-order valence-electron chi connectivity index (χ0n) is 10.2. The van der Waals surface area contributed by atoms with Crippen LogP contribution in [-0.4, -0.2) is 23.0 Å². The van der Waals surface area contributed by atoms with Crippen molar-refractivity contribution in [3.8, 4) is 0 Å². The molecule has 0 aromatic heterocycles. The summed E-state index contributed by atoms with van der Waals surface area (Å²) in [4.78, 5) is 22.8. The molecule has 1 aliphatic rings. The van der Waals surface area contributed by atoms with Crippen LogP contribution in [0.2, 0.25) is 5.02 Å². The minimum absolute atomic E-state index is 0.0564. The van der Waals surface area contributed by atoms with Gasteiger partial charge in [0.05, 0.1) is 17.1 Å². The summed E-state index contributed by atoms with van der Waals surface area (Å²) in [5.41, 5.74) is 6.36. The van der Waals surface area contributed by atoms with E-state index < -0.39 is 5.97 Å². The van der Waals surface area contributed by atoms with E-state index in [4.69, 9.17) is 22.4 Å². The second-order valence-corrected chi connectivity index (χ2v) is 5.16. The van der Waals surface area contributed by atoms with Crippen molar-refractivity contribution in [2.45, 2.75) is 25.3 Å². The van der Waals surface area contributed by atoms with Crippen LogP contribution in [0.1, 0.15) is 29.6 Å². The van der Waals surface area contributed by atoms with Gasteiger partial charge in [0.1, 0.15) is 0 Å². The number of nitrogens with two attached hydrogens (primary N) is 1. The normalized spacial score (nSPS) is 15.8. The molecule has 1 unspecified atom stereocenters. The zero-order chi connectivity index (χ0) is 14.0. The van der Waals surface area contributed by atoms with Crippen molar-refractivity contribution in [3.63, 3.8) is 0 Å². The van der Waals surface area contributed by atoms with Crippen molar-refractivity contribution in [2.24, 2.45) is 5.92 Å². The van der Waals surface area contributed by atoms with Gasteiger partial charge in [-0.2, -0.15) is 0 Å². The molecule has 2 rings (SSSR count). The van der Waals surface area contributed by atoms with Crippen molar-refractivity contribution in [2.75, 3.05) is 5.73 Å². The number of benzene rings is 1. The maximum Gasteiger partial charge on any atom is 0.305 e. The van der Waals surface area contributed by atoms with Gasteiger partial charge in [0.2, 0.25) is 0 Å². The lowest BCUT2D eigenvalue weighted by atomic mass is 10.1. The summed E-state index contributed by atoms with van der Waals surface area (Å²) in [6.07, 6.45) is 1.86. The molecule has 1 fully saturated rings. The van der Waals surface area contributed by atoms with Crippen LogP contribution >= 0.6 is 11.6 Å². The van der Waals surface area contributed by atoms with E-state index in [1.807, 2.05) is 0 Å². The first-order chi connectivity index (χ1) is 8.97. The van der Waals surface area contributed by atoms with E-state index >= 15 is 0 Å². The molecule has 1 aromatic rings. The quantitative estimate of drug-likeness (QED) is 0.719. The van der Waals surface area contributed by atoms with Gasteiger partial charge in [0.15, 0.2) is 0 Å². The van der Waals surface area contributed by atoms with Gasteiger partial charge < -0.3 is 16.2 Å². The first-order valence-corrected chi connectivity index (χ1v) is 6.43. The number of amides is 1. The highest BCUT2D eigenvalue weighted by molar-refractivity contribution is 6.33. The monoisotopic (exact) mass is 282 g/mol. The fraction of sp³-hybridized carbons (Fsp3) is 0.385. The number of hydrogen-bond donors (Lipinski definition) is 3. The summed E-state index contributed by atoms with van der Waals surface area (Å²) in [5, 5.41) is 11.9. The summed E-state index contributed by atoms with van der Waals surface area (Å²) in [6, 6.07) is 4.29. The molecule has 19 heavy (non-hydrogen) atoms. The smallest absolute Gasteiger partial charge is 0.305 e. The van der Waals surface area contributed by atoms with Crippen LogP contribution in [0, 0.1) is 5.92 Å². The van der Waals surface area contributed by atoms with Gasteiger partial charge in [0, 0.05) is 11.6 Å². The Morgan fingerprint density at radius 2 is 2.16 bits per heavy atom. The number of rotatable bonds is 5. The molecular weight excluding hydrogens is 268 g/mol. The number of hydrogen-bond acceptors (Lipinski definition) is 3. The van der Waals surface area contributed by atoms with E-state index in [-0.39, 0.29) is 24.3 Å². The first kappa shape index (κ1) is 13.7. The molecule has 1 aliphatic carbocycles. The van der Waals surface area contributed by atoms with Crippen molar-refractivity contribution < 1.29 is 14.7 Å². The molecule has 4 N–H and O–H groups in total. The van der Waals surface area contributed by atoms with Crippen LogP contribution < -0.4 is 11.1 Å². The van der Waals surface area contributed by atoms with Crippen molar-refractivity contribution in [3.05, 3.63) is 28.8 Å². The summed E-state index contributed by atoms with van der Waals surface area (Å²) < 4.78 is 0. The Kier molecular flexibility index (Phi) is 3.95. The first-order valence-electron chi connectivity index (χ1n) is 6.05. The van der Waals surface area contributed by atoms with E-state index in [9.17, 15) is 9.59 Å². The predicted molar refractivity (Wildman–Crippen MR) is 72.1 cm³/mol. The standard InChI is InChI=1S/C13H15ClN2O3/c14-9-5-8(3-4-10(9)15)13(19)16-11(6-12(17)18)7-1-2-7/h3-5,7,11H,1-2,6,15H2,(H,16,19)(H,17,18). The van der Waals surface area contributed by atoms with E-state index in [2.05, 4.69) is 5.32 Å². The number of carboxylic acid groups (broad SMARTS) is 1. The molecule has 1 saturated carbocycles. The van der Waals surface area contributed by atoms with Crippen LogP contribution in [0.5, 0.6) is 0 Å². The second-order valence-electron chi connectivity index (χ2n) is 4.75. The maximum absolute atomic E-state index is 12.0. The van der Waals surface area contributed by atoms with Gasteiger partial charge in [-0.05, 0) is 37.0 Å². The summed E-state index contributed by atoms with van der Waals surface area (Å²) >= 11 is 5.85. The minimum Gasteiger partial charge on any atom is -0.481 e. The third-order valence-electron chi connectivity index (χ3n) is 3.16. The number of nitrogen functional groups attached to an aromatic ring is 1. The molecule has 1 atom stereocenters. The van der Waals surface area contributed by atoms with Crippen molar-refractivity contribution in [1.29, 1.82) is 0 Å². The van der Waals surface area contributed by atoms with Crippen LogP contribution in [0.15, 0.2) is 18.2 Å². The number of carbonyl (C=O) groups is 2. The molecular formula is C13H15ClN2O3. The van der Waals surface area contributed by atoms with Gasteiger partial charge in [-0.1, -0.05) is 11.6 Å². The topological polar surface area (TPSA) is 92.4 Å². The predicted octanol–water partition coefficient (Wildman–Crippen LogP) is 1.91. The average molecular weight is 283 g/mol. The van der Waals surface area contributed by atoms with Crippen molar-refractivity contribution in [1.82, 2.24) is 5.32 Å². The van der Waals surface area contributed by atoms with Gasteiger partial charge in [-0.15, -0.1) is 0 Å². The number of halogens is 1. The molecule has 0 radical (unpaired) electrons. The summed E-state index contributed by atoms with van der Waals surface area (Å²) in [7, 11) is 0. The molecule has 1 aromatic carbocycles.